The van der Waals surface area contributed by atoms with Crippen molar-refractivity contribution in [2.45, 2.75) is 37.9 Å². The van der Waals surface area contributed by atoms with E-state index >= 15 is 0 Å². The number of amides is 1. The van der Waals surface area contributed by atoms with Gasteiger partial charge in [0.25, 0.3) is 5.91 Å². The second kappa shape index (κ2) is 7.99. The van der Waals surface area contributed by atoms with Crippen LogP contribution in [0.2, 0.25) is 0 Å². The summed E-state index contributed by atoms with van der Waals surface area (Å²) in [5, 5.41) is 0. The van der Waals surface area contributed by atoms with Gasteiger partial charge in [-0.15, -0.1) is 0 Å². The van der Waals surface area contributed by atoms with Gasteiger partial charge in [0.2, 0.25) is 10.0 Å². The highest BCUT2D eigenvalue weighted by molar-refractivity contribution is 7.89. The monoisotopic (exact) mass is 441 g/mol. The van der Waals surface area contributed by atoms with Gasteiger partial charge >= 0.3 is 6.18 Å². The number of benzene rings is 1. The summed E-state index contributed by atoms with van der Waals surface area (Å²) in [7, 11) is -4.15. The standard InChI is InChI=1S/C20H22F3N3O3S/c1-13-6-7-16(20(21,22)23)11-18(13)30(28,29)25-9-10-26(14(2)12-25)19(27)17-5-4-8-24-15(17)3/h4-8,11,14H,9-10,12H2,1-3H3/t14-/m0/s1. The van der Waals surface area contributed by atoms with Gasteiger partial charge in [0.1, 0.15) is 0 Å². The van der Waals surface area contributed by atoms with Crippen LogP contribution in [0.4, 0.5) is 13.2 Å². The summed E-state index contributed by atoms with van der Waals surface area (Å²) < 4.78 is 66.5. The molecule has 0 unspecified atom stereocenters. The molecule has 0 spiro atoms. The van der Waals surface area contributed by atoms with Crippen LogP contribution in [0.15, 0.2) is 41.4 Å². The minimum Gasteiger partial charge on any atom is -0.333 e. The van der Waals surface area contributed by atoms with Gasteiger partial charge in [0, 0.05) is 37.6 Å². The van der Waals surface area contributed by atoms with Crippen LogP contribution in [0.1, 0.15) is 34.1 Å². The minimum atomic E-state index is -4.64. The van der Waals surface area contributed by atoms with Gasteiger partial charge in [0.05, 0.1) is 16.0 Å². The number of hydrogen-bond acceptors (Lipinski definition) is 4. The SMILES string of the molecule is Cc1ccc(C(F)(F)F)cc1S(=O)(=O)N1CCN(C(=O)c2cccnc2C)[C@@H](C)C1. The smallest absolute Gasteiger partial charge is 0.333 e. The van der Waals surface area contributed by atoms with Crippen LogP contribution >= 0.6 is 0 Å². The van der Waals surface area contributed by atoms with E-state index in [0.717, 1.165) is 16.4 Å². The third-order valence-corrected chi connectivity index (χ3v) is 7.23. The lowest BCUT2D eigenvalue weighted by Gasteiger charge is -2.39. The first kappa shape index (κ1) is 22.2. The van der Waals surface area contributed by atoms with Gasteiger partial charge in [-0.25, -0.2) is 8.42 Å². The second-order valence-electron chi connectivity index (χ2n) is 7.33. The summed E-state index contributed by atoms with van der Waals surface area (Å²) in [5.41, 5.74) is 0.236. The van der Waals surface area contributed by atoms with E-state index in [9.17, 15) is 26.4 Å². The molecule has 2 aromatic rings. The average Bonchev–Trinajstić information content (AvgIpc) is 2.67. The molecular formula is C20H22F3N3O3S. The number of pyridine rings is 1. The Labute approximate surface area is 173 Å². The number of aromatic nitrogens is 1. The van der Waals surface area contributed by atoms with Crippen LogP contribution in [-0.2, 0) is 16.2 Å². The van der Waals surface area contributed by atoms with E-state index in [4.69, 9.17) is 0 Å². The summed E-state index contributed by atoms with van der Waals surface area (Å²) in [6.07, 6.45) is -3.06. The molecule has 3 rings (SSSR count). The number of sulfonamides is 1. The average molecular weight is 441 g/mol. The molecule has 1 saturated heterocycles. The van der Waals surface area contributed by atoms with Crippen molar-refractivity contribution >= 4 is 15.9 Å². The zero-order chi connectivity index (χ0) is 22.3. The maximum absolute atomic E-state index is 13.1. The summed E-state index contributed by atoms with van der Waals surface area (Å²) in [6, 6.07) is 5.56. The molecule has 162 valence electrons. The lowest BCUT2D eigenvalue weighted by molar-refractivity contribution is -0.137. The Kier molecular flexibility index (Phi) is 5.92. The van der Waals surface area contributed by atoms with Gasteiger partial charge in [-0.05, 0) is 50.6 Å². The first-order chi connectivity index (χ1) is 13.9. The molecule has 1 fully saturated rings. The van der Waals surface area contributed by atoms with Crippen LogP contribution in [0.5, 0.6) is 0 Å². The van der Waals surface area contributed by atoms with Crippen molar-refractivity contribution in [2.75, 3.05) is 19.6 Å². The molecule has 1 aromatic carbocycles. The van der Waals surface area contributed by atoms with Gasteiger partial charge in [-0.2, -0.15) is 17.5 Å². The number of piperazine rings is 1. The zero-order valence-electron chi connectivity index (χ0n) is 16.8. The summed E-state index contributed by atoms with van der Waals surface area (Å²) in [4.78, 5) is 18.2. The topological polar surface area (TPSA) is 70.6 Å². The molecular weight excluding hydrogens is 419 g/mol. The lowest BCUT2D eigenvalue weighted by atomic mass is 10.1. The van der Waals surface area contributed by atoms with E-state index < -0.39 is 27.8 Å². The van der Waals surface area contributed by atoms with Crippen molar-refractivity contribution in [2.24, 2.45) is 0 Å². The van der Waals surface area contributed by atoms with Crippen LogP contribution in [0.3, 0.4) is 0 Å². The molecule has 0 radical (unpaired) electrons. The highest BCUT2D eigenvalue weighted by Gasteiger charge is 2.37. The molecule has 10 heteroatoms. The Balaban J connectivity index is 1.84. The molecule has 1 aliphatic rings. The predicted molar refractivity (Wildman–Crippen MR) is 104 cm³/mol. The normalized spacial score (nSPS) is 18.5. The van der Waals surface area contributed by atoms with Crippen LogP contribution in [0.25, 0.3) is 0 Å². The predicted octanol–water partition coefficient (Wildman–Crippen LogP) is 3.25. The quantitative estimate of drug-likeness (QED) is 0.733. The molecule has 6 nitrogen and oxygen atoms in total. The fourth-order valence-corrected chi connectivity index (χ4v) is 5.27. The molecule has 1 aromatic heterocycles. The fraction of sp³-hybridized carbons (Fsp3) is 0.400. The molecule has 1 atom stereocenters. The Hall–Kier alpha value is -2.46. The van der Waals surface area contributed by atoms with E-state index in [1.807, 2.05) is 0 Å². The van der Waals surface area contributed by atoms with E-state index in [-0.39, 0.29) is 36.0 Å². The molecule has 1 aliphatic heterocycles. The first-order valence-electron chi connectivity index (χ1n) is 9.33. The molecule has 30 heavy (non-hydrogen) atoms. The van der Waals surface area contributed by atoms with Crippen LogP contribution in [0, 0.1) is 13.8 Å². The molecule has 2 heterocycles. The maximum Gasteiger partial charge on any atom is 0.416 e. The highest BCUT2D eigenvalue weighted by Crippen LogP contribution is 2.33. The number of carbonyl (C=O) groups is 1. The van der Waals surface area contributed by atoms with E-state index in [1.54, 1.807) is 37.1 Å². The molecule has 0 saturated carbocycles. The van der Waals surface area contributed by atoms with Crippen molar-refractivity contribution < 1.29 is 26.4 Å². The molecule has 0 aliphatic carbocycles. The summed E-state index contributed by atoms with van der Waals surface area (Å²) in [5.74, 6) is -0.250. The third kappa shape index (κ3) is 4.20. The van der Waals surface area contributed by atoms with Crippen molar-refractivity contribution in [3.8, 4) is 0 Å². The Morgan fingerprint density at radius 2 is 1.87 bits per heavy atom. The van der Waals surface area contributed by atoms with Crippen molar-refractivity contribution in [1.29, 1.82) is 0 Å². The van der Waals surface area contributed by atoms with Gasteiger partial charge in [-0.3, -0.25) is 9.78 Å². The second-order valence-corrected chi connectivity index (χ2v) is 9.23. The van der Waals surface area contributed by atoms with E-state index in [2.05, 4.69) is 4.98 Å². The van der Waals surface area contributed by atoms with Crippen LogP contribution in [-0.4, -0.2) is 54.2 Å². The van der Waals surface area contributed by atoms with Gasteiger partial charge in [-0.1, -0.05) is 6.07 Å². The molecule has 1 amide bonds. The largest absolute Gasteiger partial charge is 0.416 e. The fourth-order valence-electron chi connectivity index (χ4n) is 3.50. The Morgan fingerprint density at radius 3 is 2.47 bits per heavy atom. The van der Waals surface area contributed by atoms with Crippen molar-refractivity contribution in [1.82, 2.24) is 14.2 Å². The zero-order valence-corrected chi connectivity index (χ0v) is 17.6. The Morgan fingerprint density at radius 1 is 1.17 bits per heavy atom. The number of aryl methyl sites for hydroxylation is 2. The lowest BCUT2D eigenvalue weighted by Crippen LogP contribution is -2.55. The summed E-state index contributed by atoms with van der Waals surface area (Å²) in [6.45, 7) is 5.00. The number of halogens is 3. The summed E-state index contributed by atoms with van der Waals surface area (Å²) >= 11 is 0. The van der Waals surface area contributed by atoms with Gasteiger partial charge < -0.3 is 4.90 Å². The number of hydrogen-bond donors (Lipinski definition) is 0. The van der Waals surface area contributed by atoms with Crippen molar-refractivity contribution in [3.05, 3.63) is 58.9 Å². The number of carbonyl (C=O) groups excluding carboxylic acids is 1. The molecule has 0 N–H and O–H groups in total. The number of alkyl halides is 3. The van der Waals surface area contributed by atoms with Gasteiger partial charge in [0.15, 0.2) is 0 Å². The Bertz CT molecular complexity index is 1070. The molecule has 0 bridgehead atoms. The maximum atomic E-state index is 13.1. The van der Waals surface area contributed by atoms with Crippen molar-refractivity contribution in [3.63, 3.8) is 0 Å². The first-order valence-corrected chi connectivity index (χ1v) is 10.8. The highest BCUT2D eigenvalue weighted by atomic mass is 32.2. The van der Waals surface area contributed by atoms with E-state index in [1.165, 1.54) is 6.92 Å². The number of nitrogens with zero attached hydrogens (tertiary/aromatic N) is 3. The van der Waals surface area contributed by atoms with Crippen LogP contribution < -0.4 is 0 Å². The van der Waals surface area contributed by atoms with E-state index in [0.29, 0.717) is 17.3 Å². The number of rotatable bonds is 3. The third-order valence-electron chi connectivity index (χ3n) is 5.22. The minimum absolute atomic E-state index is 0.00654.